The smallest absolute Gasteiger partial charge is 0.280 e. The Morgan fingerprint density at radius 1 is 1.22 bits per heavy atom. The molecule has 0 fully saturated rings. The topological polar surface area (TPSA) is 70.9 Å². The molecule has 2 aromatic rings. The van der Waals surface area contributed by atoms with E-state index in [1.807, 2.05) is 32.0 Å². The van der Waals surface area contributed by atoms with E-state index in [9.17, 15) is 9.90 Å². The van der Waals surface area contributed by atoms with Gasteiger partial charge < -0.3 is 9.84 Å². The summed E-state index contributed by atoms with van der Waals surface area (Å²) < 4.78 is 5.63. The summed E-state index contributed by atoms with van der Waals surface area (Å²) in [5.41, 5.74) is 5.07. The molecule has 0 radical (unpaired) electrons. The standard InChI is InChI=1S/C18H20N2O3/c1-12-8-13(2)10-16(9-12)23-14(3)18(22)20-19-11-15-6-4-5-7-17(15)21/h4-11,14,21H,1-3H3,(H,20,22). The Labute approximate surface area is 135 Å². The SMILES string of the molecule is Cc1cc(C)cc(OC(C)C(=O)NN=Cc2ccccc2O)c1. The maximum atomic E-state index is 12.0. The molecule has 2 aromatic carbocycles. The zero-order valence-corrected chi connectivity index (χ0v) is 13.4. The van der Waals surface area contributed by atoms with Gasteiger partial charge in [-0.05, 0) is 56.2 Å². The molecule has 0 saturated heterocycles. The maximum Gasteiger partial charge on any atom is 0.280 e. The summed E-state index contributed by atoms with van der Waals surface area (Å²) in [4.78, 5) is 12.0. The number of ether oxygens (including phenoxy) is 1. The summed E-state index contributed by atoms with van der Waals surface area (Å²) in [7, 11) is 0. The largest absolute Gasteiger partial charge is 0.507 e. The second kappa shape index (κ2) is 7.45. The van der Waals surface area contributed by atoms with Crippen LogP contribution >= 0.6 is 0 Å². The third-order valence-electron chi connectivity index (χ3n) is 3.19. The van der Waals surface area contributed by atoms with Gasteiger partial charge in [-0.3, -0.25) is 4.79 Å². The molecule has 5 nitrogen and oxygen atoms in total. The number of hydrogen-bond acceptors (Lipinski definition) is 4. The Morgan fingerprint density at radius 3 is 2.52 bits per heavy atom. The highest BCUT2D eigenvalue weighted by Crippen LogP contribution is 2.17. The lowest BCUT2D eigenvalue weighted by Crippen LogP contribution is -2.33. The number of hydrazone groups is 1. The fourth-order valence-electron chi connectivity index (χ4n) is 2.11. The Balaban J connectivity index is 1.93. The molecule has 120 valence electrons. The van der Waals surface area contributed by atoms with Crippen LogP contribution in [0.5, 0.6) is 11.5 Å². The second-order valence-corrected chi connectivity index (χ2v) is 5.38. The van der Waals surface area contributed by atoms with Crippen LogP contribution in [-0.4, -0.2) is 23.3 Å². The monoisotopic (exact) mass is 312 g/mol. The number of benzene rings is 2. The highest BCUT2D eigenvalue weighted by molar-refractivity contribution is 5.86. The number of nitrogens with one attached hydrogen (secondary N) is 1. The van der Waals surface area contributed by atoms with Crippen molar-refractivity contribution in [2.75, 3.05) is 0 Å². The van der Waals surface area contributed by atoms with Gasteiger partial charge in [0.2, 0.25) is 0 Å². The minimum Gasteiger partial charge on any atom is -0.507 e. The van der Waals surface area contributed by atoms with Crippen LogP contribution in [0.3, 0.4) is 0 Å². The van der Waals surface area contributed by atoms with Gasteiger partial charge in [0.25, 0.3) is 5.91 Å². The molecular formula is C18H20N2O3. The molecule has 23 heavy (non-hydrogen) atoms. The Kier molecular flexibility index (Phi) is 5.36. The van der Waals surface area contributed by atoms with Gasteiger partial charge >= 0.3 is 0 Å². The zero-order chi connectivity index (χ0) is 16.8. The van der Waals surface area contributed by atoms with Crippen LogP contribution in [0.2, 0.25) is 0 Å². The first-order chi connectivity index (χ1) is 11.0. The number of aromatic hydroxyl groups is 1. The summed E-state index contributed by atoms with van der Waals surface area (Å²) in [6.07, 6.45) is 0.703. The number of phenolic OH excluding ortho intramolecular Hbond substituents is 1. The quantitative estimate of drug-likeness (QED) is 0.659. The molecule has 0 spiro atoms. The van der Waals surface area contributed by atoms with Crippen LogP contribution in [0, 0.1) is 13.8 Å². The Morgan fingerprint density at radius 2 is 1.87 bits per heavy atom. The van der Waals surface area contributed by atoms with E-state index in [1.165, 1.54) is 6.21 Å². The second-order valence-electron chi connectivity index (χ2n) is 5.38. The summed E-state index contributed by atoms with van der Waals surface area (Å²) in [5, 5.41) is 13.4. The molecule has 1 atom stereocenters. The highest BCUT2D eigenvalue weighted by atomic mass is 16.5. The van der Waals surface area contributed by atoms with Gasteiger partial charge in [0.1, 0.15) is 11.5 Å². The molecule has 0 aliphatic carbocycles. The van der Waals surface area contributed by atoms with E-state index in [4.69, 9.17) is 4.74 Å². The van der Waals surface area contributed by atoms with Crippen LogP contribution in [0.25, 0.3) is 0 Å². The third-order valence-corrected chi connectivity index (χ3v) is 3.19. The zero-order valence-electron chi connectivity index (χ0n) is 13.4. The van der Waals surface area contributed by atoms with Crippen molar-refractivity contribution < 1.29 is 14.6 Å². The molecule has 0 aliphatic rings. The van der Waals surface area contributed by atoms with Gasteiger partial charge in [0, 0.05) is 5.56 Å². The first-order valence-electron chi connectivity index (χ1n) is 7.31. The molecular weight excluding hydrogens is 292 g/mol. The van der Waals surface area contributed by atoms with Crippen molar-refractivity contribution in [2.24, 2.45) is 5.10 Å². The molecule has 0 aliphatic heterocycles. The molecule has 1 unspecified atom stereocenters. The van der Waals surface area contributed by atoms with Gasteiger partial charge in [0.15, 0.2) is 6.10 Å². The molecule has 5 heteroatoms. The lowest BCUT2D eigenvalue weighted by atomic mass is 10.1. The van der Waals surface area contributed by atoms with Gasteiger partial charge in [-0.2, -0.15) is 5.10 Å². The van der Waals surface area contributed by atoms with E-state index in [-0.39, 0.29) is 11.7 Å². The van der Waals surface area contributed by atoms with Gasteiger partial charge in [-0.15, -0.1) is 0 Å². The van der Waals surface area contributed by atoms with Crippen LogP contribution in [0.4, 0.5) is 0 Å². The first kappa shape index (κ1) is 16.5. The molecule has 1 amide bonds. The van der Waals surface area contributed by atoms with Crippen LogP contribution in [0.15, 0.2) is 47.6 Å². The molecule has 2 rings (SSSR count). The number of rotatable bonds is 5. The molecule has 0 aromatic heterocycles. The Bertz CT molecular complexity index is 706. The fraction of sp³-hybridized carbons (Fsp3) is 0.222. The molecule has 2 N–H and O–H groups in total. The normalized spacial score (nSPS) is 12.1. The number of phenols is 1. The van der Waals surface area contributed by atoms with Gasteiger partial charge in [-0.1, -0.05) is 18.2 Å². The number of nitrogens with zero attached hydrogens (tertiary/aromatic N) is 1. The minimum absolute atomic E-state index is 0.102. The summed E-state index contributed by atoms with van der Waals surface area (Å²) in [6, 6.07) is 12.5. The summed E-state index contributed by atoms with van der Waals surface area (Å²) >= 11 is 0. The molecule has 0 heterocycles. The van der Waals surface area contributed by atoms with E-state index in [0.717, 1.165) is 11.1 Å². The van der Waals surface area contributed by atoms with E-state index in [2.05, 4.69) is 10.5 Å². The number of carbonyl (C=O) groups is 1. The van der Waals surface area contributed by atoms with Crippen molar-refractivity contribution in [2.45, 2.75) is 26.9 Å². The molecule has 0 saturated carbocycles. The van der Waals surface area contributed by atoms with Crippen LogP contribution in [0.1, 0.15) is 23.6 Å². The lowest BCUT2D eigenvalue weighted by Gasteiger charge is -2.14. The highest BCUT2D eigenvalue weighted by Gasteiger charge is 2.14. The average Bonchev–Trinajstić information content (AvgIpc) is 2.48. The average molecular weight is 312 g/mol. The van der Waals surface area contributed by atoms with Crippen molar-refractivity contribution in [3.63, 3.8) is 0 Å². The lowest BCUT2D eigenvalue weighted by molar-refractivity contribution is -0.127. The maximum absolute atomic E-state index is 12.0. The van der Waals surface area contributed by atoms with E-state index >= 15 is 0 Å². The van der Waals surface area contributed by atoms with E-state index in [0.29, 0.717) is 11.3 Å². The summed E-state index contributed by atoms with van der Waals surface area (Å²) in [5.74, 6) is 0.385. The van der Waals surface area contributed by atoms with Crippen LogP contribution < -0.4 is 10.2 Å². The van der Waals surface area contributed by atoms with E-state index < -0.39 is 6.10 Å². The van der Waals surface area contributed by atoms with E-state index in [1.54, 1.807) is 31.2 Å². The van der Waals surface area contributed by atoms with Crippen molar-refractivity contribution in [1.29, 1.82) is 0 Å². The number of para-hydroxylation sites is 1. The minimum atomic E-state index is -0.683. The van der Waals surface area contributed by atoms with Crippen molar-refractivity contribution in [3.05, 3.63) is 59.2 Å². The predicted molar refractivity (Wildman–Crippen MR) is 89.8 cm³/mol. The van der Waals surface area contributed by atoms with Crippen molar-refractivity contribution in [3.8, 4) is 11.5 Å². The van der Waals surface area contributed by atoms with Crippen molar-refractivity contribution >= 4 is 12.1 Å². The Hall–Kier alpha value is -2.82. The van der Waals surface area contributed by atoms with Crippen molar-refractivity contribution in [1.82, 2.24) is 5.43 Å². The third kappa shape index (κ3) is 4.85. The summed E-state index contributed by atoms with van der Waals surface area (Å²) in [6.45, 7) is 5.60. The predicted octanol–water partition coefficient (Wildman–Crippen LogP) is 2.93. The van der Waals surface area contributed by atoms with Gasteiger partial charge in [-0.25, -0.2) is 5.43 Å². The number of aryl methyl sites for hydroxylation is 2. The fourth-order valence-corrected chi connectivity index (χ4v) is 2.11. The van der Waals surface area contributed by atoms with Crippen LogP contribution in [-0.2, 0) is 4.79 Å². The number of carbonyl (C=O) groups excluding carboxylic acids is 1. The number of amides is 1. The first-order valence-corrected chi connectivity index (χ1v) is 7.31. The molecule has 0 bridgehead atoms. The number of hydrogen-bond donors (Lipinski definition) is 2. The van der Waals surface area contributed by atoms with Gasteiger partial charge in [0.05, 0.1) is 6.21 Å².